The topological polar surface area (TPSA) is 93.5 Å². The highest BCUT2D eigenvalue weighted by atomic mass is 16.6. The Morgan fingerprint density at radius 1 is 1.91 bits per heavy atom. The first kappa shape index (κ1) is 7.64. The summed E-state index contributed by atoms with van der Waals surface area (Å²) in [5.41, 5.74) is 4.80. The van der Waals surface area contributed by atoms with E-state index in [1.54, 1.807) is 0 Å². The van der Waals surface area contributed by atoms with Gasteiger partial charge in [-0.1, -0.05) is 0 Å². The Labute approximate surface area is 63.1 Å². The zero-order chi connectivity index (χ0) is 8.27. The van der Waals surface area contributed by atoms with Gasteiger partial charge in [-0.25, -0.2) is 9.59 Å². The molecule has 3 amide bonds. The number of carbonyl (C=O) groups is 2. The van der Waals surface area contributed by atoms with Crippen molar-refractivity contribution in [2.45, 2.75) is 6.04 Å². The smallest absolute Gasteiger partial charge is 0.407 e. The van der Waals surface area contributed by atoms with Crippen molar-refractivity contribution in [3.05, 3.63) is 0 Å². The predicted molar refractivity (Wildman–Crippen MR) is 35.9 cm³/mol. The zero-order valence-corrected chi connectivity index (χ0v) is 5.79. The predicted octanol–water partition coefficient (Wildman–Crippen LogP) is -1.24. The van der Waals surface area contributed by atoms with Crippen LogP contribution >= 0.6 is 0 Å². The number of ether oxygens (including phenoxy) is 1. The van der Waals surface area contributed by atoms with Crippen molar-refractivity contribution in [2.75, 3.05) is 13.2 Å². The van der Waals surface area contributed by atoms with Gasteiger partial charge in [0.2, 0.25) is 0 Å². The third-order valence-corrected chi connectivity index (χ3v) is 1.26. The molecule has 0 bridgehead atoms. The molecule has 1 heterocycles. The molecule has 1 unspecified atom stereocenters. The maximum Gasteiger partial charge on any atom is 0.407 e. The van der Waals surface area contributed by atoms with Crippen LogP contribution in [0, 0.1) is 0 Å². The van der Waals surface area contributed by atoms with Crippen LogP contribution in [0.15, 0.2) is 0 Å². The van der Waals surface area contributed by atoms with Gasteiger partial charge in [-0.15, -0.1) is 0 Å². The van der Waals surface area contributed by atoms with E-state index < -0.39 is 12.1 Å². The SMILES string of the molecule is NC(=O)NCC1COC(=O)N1. The van der Waals surface area contributed by atoms with Gasteiger partial charge in [0.05, 0.1) is 6.04 Å². The van der Waals surface area contributed by atoms with Crippen LogP contribution in [0.2, 0.25) is 0 Å². The Balaban J connectivity index is 2.18. The first-order valence-corrected chi connectivity index (χ1v) is 3.15. The van der Waals surface area contributed by atoms with Gasteiger partial charge in [0, 0.05) is 6.54 Å². The Kier molecular flexibility index (Phi) is 2.15. The summed E-state index contributed by atoms with van der Waals surface area (Å²) in [6.45, 7) is 0.584. The normalized spacial score (nSPS) is 22.2. The number of rotatable bonds is 2. The van der Waals surface area contributed by atoms with Crippen molar-refractivity contribution in [3.63, 3.8) is 0 Å². The highest BCUT2D eigenvalue weighted by molar-refractivity contribution is 5.72. The van der Waals surface area contributed by atoms with Crippen molar-refractivity contribution in [3.8, 4) is 0 Å². The van der Waals surface area contributed by atoms with Crippen LogP contribution in [0.25, 0.3) is 0 Å². The maximum absolute atomic E-state index is 10.4. The second-order valence-electron chi connectivity index (χ2n) is 2.18. The van der Waals surface area contributed by atoms with Crippen LogP contribution < -0.4 is 16.4 Å². The Morgan fingerprint density at radius 2 is 2.64 bits per heavy atom. The molecule has 1 rings (SSSR count). The lowest BCUT2D eigenvalue weighted by atomic mass is 10.3. The second-order valence-corrected chi connectivity index (χ2v) is 2.18. The fraction of sp³-hybridized carbons (Fsp3) is 0.600. The van der Waals surface area contributed by atoms with Crippen molar-refractivity contribution >= 4 is 12.1 Å². The first-order chi connectivity index (χ1) is 5.18. The summed E-state index contributed by atoms with van der Waals surface area (Å²) < 4.78 is 4.56. The number of primary amides is 1. The molecule has 1 saturated heterocycles. The van der Waals surface area contributed by atoms with Gasteiger partial charge >= 0.3 is 12.1 Å². The number of hydrogen-bond donors (Lipinski definition) is 3. The molecule has 0 aromatic carbocycles. The summed E-state index contributed by atoms with van der Waals surface area (Å²) in [5, 5.41) is 4.83. The van der Waals surface area contributed by atoms with E-state index in [1.165, 1.54) is 0 Å². The lowest BCUT2D eigenvalue weighted by Crippen LogP contribution is -2.41. The molecule has 0 aromatic heterocycles. The van der Waals surface area contributed by atoms with Crippen LogP contribution in [-0.4, -0.2) is 31.3 Å². The van der Waals surface area contributed by atoms with Crippen LogP contribution in [0.4, 0.5) is 9.59 Å². The molecule has 0 saturated carbocycles. The lowest BCUT2D eigenvalue weighted by Gasteiger charge is -2.05. The lowest BCUT2D eigenvalue weighted by molar-refractivity contribution is 0.177. The van der Waals surface area contributed by atoms with E-state index in [2.05, 4.69) is 15.4 Å². The van der Waals surface area contributed by atoms with Crippen molar-refractivity contribution in [2.24, 2.45) is 5.73 Å². The molecule has 6 nitrogen and oxygen atoms in total. The van der Waals surface area contributed by atoms with Gasteiger partial charge in [-0.3, -0.25) is 0 Å². The van der Waals surface area contributed by atoms with E-state index >= 15 is 0 Å². The Bertz CT molecular complexity index is 182. The number of amides is 3. The van der Waals surface area contributed by atoms with Gasteiger partial charge in [0.15, 0.2) is 0 Å². The molecule has 1 aliphatic rings. The zero-order valence-electron chi connectivity index (χ0n) is 5.79. The highest BCUT2D eigenvalue weighted by Crippen LogP contribution is 1.94. The molecule has 6 heteroatoms. The number of urea groups is 1. The summed E-state index contributed by atoms with van der Waals surface area (Å²) >= 11 is 0. The van der Waals surface area contributed by atoms with Crippen molar-refractivity contribution in [1.82, 2.24) is 10.6 Å². The first-order valence-electron chi connectivity index (χ1n) is 3.15. The van der Waals surface area contributed by atoms with E-state index in [-0.39, 0.29) is 12.6 Å². The minimum absolute atomic E-state index is 0.157. The number of hydrogen-bond acceptors (Lipinski definition) is 3. The minimum atomic E-state index is -0.605. The highest BCUT2D eigenvalue weighted by Gasteiger charge is 2.21. The summed E-state index contributed by atoms with van der Waals surface area (Å²) in [6, 6.07) is -0.763. The molecule has 0 spiro atoms. The van der Waals surface area contributed by atoms with E-state index in [0.717, 1.165) is 0 Å². The van der Waals surface area contributed by atoms with E-state index in [4.69, 9.17) is 5.73 Å². The van der Waals surface area contributed by atoms with Gasteiger partial charge < -0.3 is 21.1 Å². The molecule has 62 valence electrons. The third kappa shape index (κ3) is 2.32. The summed E-state index contributed by atoms with van der Waals surface area (Å²) in [4.78, 5) is 20.6. The molecular formula is C5H9N3O3. The molecule has 0 aliphatic carbocycles. The van der Waals surface area contributed by atoms with Crippen molar-refractivity contribution in [1.29, 1.82) is 0 Å². The molecule has 0 radical (unpaired) electrons. The number of nitrogens with one attached hydrogen (secondary N) is 2. The molecule has 1 aliphatic heterocycles. The largest absolute Gasteiger partial charge is 0.447 e. The monoisotopic (exact) mass is 159 g/mol. The molecule has 11 heavy (non-hydrogen) atoms. The van der Waals surface area contributed by atoms with Crippen LogP contribution in [0.5, 0.6) is 0 Å². The quantitative estimate of drug-likeness (QED) is 0.470. The molecule has 0 aromatic rings. The van der Waals surface area contributed by atoms with Crippen LogP contribution in [0.3, 0.4) is 0 Å². The maximum atomic E-state index is 10.4. The summed E-state index contributed by atoms with van der Waals surface area (Å²) in [5.74, 6) is 0. The standard InChI is InChI=1S/C5H9N3O3/c6-4(9)7-1-3-2-11-5(10)8-3/h3H,1-2H2,(H,8,10)(H3,6,7,9). The van der Waals surface area contributed by atoms with Gasteiger partial charge in [0.25, 0.3) is 0 Å². The van der Waals surface area contributed by atoms with E-state index in [1.807, 2.05) is 0 Å². The fourth-order valence-electron chi connectivity index (χ4n) is 0.760. The minimum Gasteiger partial charge on any atom is -0.447 e. The van der Waals surface area contributed by atoms with Crippen LogP contribution in [0.1, 0.15) is 0 Å². The molecule has 1 atom stereocenters. The average molecular weight is 159 g/mol. The Morgan fingerprint density at radius 3 is 3.09 bits per heavy atom. The van der Waals surface area contributed by atoms with Crippen molar-refractivity contribution < 1.29 is 14.3 Å². The number of cyclic esters (lactones) is 1. The number of nitrogens with two attached hydrogens (primary N) is 1. The average Bonchev–Trinajstić information content (AvgIpc) is 2.31. The summed E-state index contributed by atoms with van der Waals surface area (Å²) in [7, 11) is 0. The Hall–Kier alpha value is -1.46. The second kappa shape index (κ2) is 3.09. The number of alkyl carbamates (subject to hydrolysis) is 1. The molecule has 1 fully saturated rings. The van der Waals surface area contributed by atoms with Gasteiger partial charge in [-0.05, 0) is 0 Å². The van der Waals surface area contributed by atoms with Gasteiger partial charge in [-0.2, -0.15) is 0 Å². The number of carbonyl (C=O) groups excluding carboxylic acids is 2. The molecular weight excluding hydrogens is 150 g/mol. The van der Waals surface area contributed by atoms with Crippen LogP contribution in [-0.2, 0) is 4.74 Å². The third-order valence-electron chi connectivity index (χ3n) is 1.26. The fourth-order valence-corrected chi connectivity index (χ4v) is 0.760. The molecule has 4 N–H and O–H groups in total. The van der Waals surface area contributed by atoms with E-state index in [0.29, 0.717) is 6.54 Å². The summed E-state index contributed by atoms with van der Waals surface area (Å²) in [6.07, 6.45) is -0.457. The van der Waals surface area contributed by atoms with Gasteiger partial charge in [0.1, 0.15) is 6.61 Å². The van der Waals surface area contributed by atoms with E-state index in [9.17, 15) is 9.59 Å².